The van der Waals surface area contributed by atoms with Crippen molar-refractivity contribution in [1.82, 2.24) is 16.0 Å². The Balaban J connectivity index is 0.00000300. The van der Waals surface area contributed by atoms with Crippen molar-refractivity contribution in [2.75, 3.05) is 32.8 Å². The molecular formula is C21H33IN4O3. The lowest BCUT2D eigenvalue weighted by Gasteiger charge is -2.13. The van der Waals surface area contributed by atoms with E-state index in [1.807, 2.05) is 24.3 Å². The second-order valence-corrected chi connectivity index (χ2v) is 7.31. The number of hydrogen-bond donors (Lipinski definition) is 3. The maximum absolute atomic E-state index is 11.7. The number of rotatable bonds is 10. The number of nitrogens with one attached hydrogen (secondary N) is 3. The third-order valence-corrected chi connectivity index (χ3v) is 4.76. The van der Waals surface area contributed by atoms with E-state index in [1.165, 1.54) is 5.56 Å². The zero-order valence-corrected chi connectivity index (χ0v) is 19.4. The minimum Gasteiger partial charge on any atom is -0.484 e. The number of halogens is 1. The summed E-state index contributed by atoms with van der Waals surface area (Å²) < 4.78 is 11.2. The molecule has 1 aliphatic carbocycles. The van der Waals surface area contributed by atoms with Gasteiger partial charge in [0.2, 0.25) is 0 Å². The number of benzene rings is 1. The van der Waals surface area contributed by atoms with Crippen LogP contribution in [-0.4, -0.2) is 56.9 Å². The van der Waals surface area contributed by atoms with Crippen LogP contribution >= 0.6 is 24.0 Å². The zero-order chi connectivity index (χ0) is 19.6. The highest BCUT2D eigenvalue weighted by atomic mass is 127. The lowest BCUT2D eigenvalue weighted by atomic mass is 10.1. The maximum atomic E-state index is 11.7. The number of hydrogen-bond acceptors (Lipinski definition) is 4. The van der Waals surface area contributed by atoms with Crippen LogP contribution in [0.15, 0.2) is 29.3 Å². The number of carbonyl (C=O) groups is 1. The minimum atomic E-state index is -0.0472. The Morgan fingerprint density at radius 2 is 2.00 bits per heavy atom. The Morgan fingerprint density at radius 3 is 2.66 bits per heavy atom. The van der Waals surface area contributed by atoms with Gasteiger partial charge in [0.1, 0.15) is 5.75 Å². The Morgan fingerprint density at radius 1 is 1.21 bits per heavy atom. The first-order valence-electron chi connectivity index (χ1n) is 10.4. The molecule has 3 N–H and O–H groups in total. The van der Waals surface area contributed by atoms with E-state index in [2.05, 4.69) is 27.9 Å². The molecule has 1 saturated heterocycles. The molecule has 2 fully saturated rings. The van der Waals surface area contributed by atoms with Gasteiger partial charge >= 0.3 is 0 Å². The normalized spacial score (nSPS) is 18.7. The van der Waals surface area contributed by atoms with Gasteiger partial charge in [-0.25, -0.2) is 0 Å². The lowest BCUT2D eigenvalue weighted by Crippen LogP contribution is -2.38. The van der Waals surface area contributed by atoms with E-state index in [0.29, 0.717) is 18.3 Å². The molecule has 2 aliphatic rings. The van der Waals surface area contributed by atoms with Crippen molar-refractivity contribution in [2.45, 2.75) is 51.2 Å². The van der Waals surface area contributed by atoms with E-state index >= 15 is 0 Å². The molecule has 1 saturated carbocycles. The summed E-state index contributed by atoms with van der Waals surface area (Å²) in [7, 11) is 0. The van der Waals surface area contributed by atoms with Gasteiger partial charge in [-0.2, -0.15) is 0 Å². The van der Waals surface area contributed by atoms with Gasteiger partial charge in [-0.05, 0) is 56.7 Å². The number of nitrogens with zero attached hydrogens (tertiary/aromatic N) is 1. The largest absolute Gasteiger partial charge is 0.484 e. The third kappa shape index (κ3) is 9.20. The summed E-state index contributed by atoms with van der Waals surface area (Å²) in [6.07, 6.45) is 5.54. The molecular weight excluding hydrogens is 483 g/mol. The fourth-order valence-corrected chi connectivity index (χ4v) is 3.05. The molecule has 0 spiro atoms. The molecule has 29 heavy (non-hydrogen) atoms. The first-order chi connectivity index (χ1) is 13.7. The van der Waals surface area contributed by atoms with Crippen molar-refractivity contribution in [3.63, 3.8) is 0 Å². The Hall–Kier alpha value is -1.55. The van der Waals surface area contributed by atoms with Crippen LogP contribution < -0.4 is 20.7 Å². The van der Waals surface area contributed by atoms with Gasteiger partial charge < -0.3 is 25.4 Å². The Labute approximate surface area is 190 Å². The molecule has 0 radical (unpaired) electrons. The van der Waals surface area contributed by atoms with Gasteiger partial charge in [0, 0.05) is 25.7 Å². The van der Waals surface area contributed by atoms with E-state index in [-0.39, 0.29) is 42.6 Å². The van der Waals surface area contributed by atoms with E-state index in [0.717, 1.165) is 57.8 Å². The smallest absolute Gasteiger partial charge is 0.258 e. The van der Waals surface area contributed by atoms with Crippen LogP contribution in [0.25, 0.3) is 0 Å². The minimum absolute atomic E-state index is 0. The quantitative estimate of drug-likeness (QED) is 0.253. The number of guanidine groups is 1. The van der Waals surface area contributed by atoms with Gasteiger partial charge in [-0.1, -0.05) is 12.1 Å². The monoisotopic (exact) mass is 516 g/mol. The average molecular weight is 516 g/mol. The van der Waals surface area contributed by atoms with Gasteiger partial charge in [-0.15, -0.1) is 24.0 Å². The van der Waals surface area contributed by atoms with Crippen molar-refractivity contribution < 1.29 is 14.3 Å². The summed E-state index contributed by atoms with van der Waals surface area (Å²) in [6, 6.07) is 8.26. The van der Waals surface area contributed by atoms with E-state index in [1.54, 1.807) is 0 Å². The van der Waals surface area contributed by atoms with Gasteiger partial charge in [-0.3, -0.25) is 9.79 Å². The molecule has 8 heteroatoms. The predicted molar refractivity (Wildman–Crippen MR) is 125 cm³/mol. The van der Waals surface area contributed by atoms with Crippen LogP contribution in [0.5, 0.6) is 5.75 Å². The van der Waals surface area contributed by atoms with Crippen LogP contribution in [0.3, 0.4) is 0 Å². The van der Waals surface area contributed by atoms with E-state index < -0.39 is 0 Å². The second kappa shape index (κ2) is 12.9. The van der Waals surface area contributed by atoms with Crippen LogP contribution in [0.1, 0.15) is 38.2 Å². The summed E-state index contributed by atoms with van der Waals surface area (Å²) in [6.45, 7) is 5.32. The molecule has 1 aliphatic heterocycles. The Kier molecular flexibility index (Phi) is 10.5. The molecule has 1 aromatic rings. The zero-order valence-electron chi connectivity index (χ0n) is 17.1. The molecule has 1 atom stereocenters. The first-order valence-corrected chi connectivity index (χ1v) is 10.4. The van der Waals surface area contributed by atoms with Crippen molar-refractivity contribution in [3.8, 4) is 5.75 Å². The van der Waals surface area contributed by atoms with Crippen LogP contribution in [-0.2, 0) is 16.0 Å². The maximum Gasteiger partial charge on any atom is 0.258 e. The van der Waals surface area contributed by atoms with Crippen LogP contribution in [0.2, 0.25) is 0 Å². The number of amides is 1. The SMILES string of the molecule is CCNC(=NCC1CCCO1)NCCc1ccc(OCC(=O)NC2CC2)cc1.I. The van der Waals surface area contributed by atoms with Gasteiger partial charge in [0.15, 0.2) is 12.6 Å². The average Bonchev–Trinajstić information content (AvgIpc) is 3.36. The number of aliphatic imine (C=N–C) groups is 1. The summed E-state index contributed by atoms with van der Waals surface area (Å²) in [4.78, 5) is 16.3. The van der Waals surface area contributed by atoms with E-state index in [9.17, 15) is 4.79 Å². The molecule has 0 aromatic heterocycles. The van der Waals surface area contributed by atoms with Crippen molar-refractivity contribution in [3.05, 3.63) is 29.8 Å². The molecule has 1 amide bonds. The first kappa shape index (κ1) is 23.7. The van der Waals surface area contributed by atoms with E-state index in [4.69, 9.17) is 9.47 Å². The fraction of sp³-hybridized carbons (Fsp3) is 0.619. The topological polar surface area (TPSA) is 84.0 Å². The summed E-state index contributed by atoms with van der Waals surface area (Å²) in [5.41, 5.74) is 1.21. The van der Waals surface area contributed by atoms with Gasteiger partial charge in [0.05, 0.1) is 12.6 Å². The highest BCUT2D eigenvalue weighted by Crippen LogP contribution is 2.18. The molecule has 7 nitrogen and oxygen atoms in total. The molecule has 162 valence electrons. The number of carbonyl (C=O) groups excluding carboxylic acids is 1. The highest BCUT2D eigenvalue weighted by molar-refractivity contribution is 14.0. The molecule has 1 heterocycles. The molecule has 0 bridgehead atoms. The third-order valence-electron chi connectivity index (χ3n) is 4.76. The van der Waals surface area contributed by atoms with Crippen molar-refractivity contribution in [1.29, 1.82) is 0 Å². The summed E-state index contributed by atoms with van der Waals surface area (Å²) in [5.74, 6) is 1.50. The molecule has 3 rings (SSSR count). The predicted octanol–water partition coefficient (Wildman–Crippen LogP) is 2.24. The summed E-state index contributed by atoms with van der Waals surface area (Å²) in [5, 5.41) is 9.56. The standard InChI is InChI=1S/C21H32N4O3.HI/c1-2-22-21(24-14-19-4-3-13-27-19)23-12-11-16-5-9-18(10-6-16)28-15-20(26)25-17-7-8-17;/h5-6,9-10,17,19H,2-4,7-8,11-15H2,1H3,(H,25,26)(H2,22,23,24);1H. The second-order valence-electron chi connectivity index (χ2n) is 7.31. The van der Waals surface area contributed by atoms with Crippen LogP contribution in [0, 0.1) is 0 Å². The van der Waals surface area contributed by atoms with Gasteiger partial charge in [0.25, 0.3) is 5.91 Å². The number of ether oxygens (including phenoxy) is 2. The highest BCUT2D eigenvalue weighted by Gasteiger charge is 2.23. The Bertz CT molecular complexity index is 644. The summed E-state index contributed by atoms with van der Waals surface area (Å²) >= 11 is 0. The van der Waals surface area contributed by atoms with Crippen molar-refractivity contribution >= 4 is 35.8 Å². The lowest BCUT2D eigenvalue weighted by molar-refractivity contribution is -0.123. The fourth-order valence-electron chi connectivity index (χ4n) is 3.05. The van der Waals surface area contributed by atoms with Crippen LogP contribution in [0.4, 0.5) is 0 Å². The molecule has 1 aromatic carbocycles. The van der Waals surface area contributed by atoms with Crippen molar-refractivity contribution in [2.24, 2.45) is 4.99 Å². The molecule has 1 unspecified atom stereocenters.